The molecule has 1 unspecified atom stereocenters. The summed E-state index contributed by atoms with van der Waals surface area (Å²) >= 11 is 0. The minimum absolute atomic E-state index is 0.0451. The Hall–Kier alpha value is -3.81. The lowest BCUT2D eigenvalue weighted by Crippen LogP contribution is -2.41. The van der Waals surface area contributed by atoms with E-state index in [-0.39, 0.29) is 17.9 Å². The van der Waals surface area contributed by atoms with Crippen LogP contribution in [0, 0.1) is 19.8 Å². The topological polar surface area (TPSA) is 85.8 Å². The van der Waals surface area contributed by atoms with E-state index in [2.05, 4.69) is 33.2 Å². The Balaban J connectivity index is 1.34. The highest BCUT2D eigenvalue weighted by molar-refractivity contribution is 5.79. The number of nitrogens with one attached hydrogen (secondary N) is 1. The summed E-state index contributed by atoms with van der Waals surface area (Å²) in [6.45, 7) is 7.55. The van der Waals surface area contributed by atoms with Gasteiger partial charge >= 0.3 is 0 Å². The second-order valence-corrected chi connectivity index (χ2v) is 9.12. The first kappa shape index (κ1) is 25.3. The zero-order valence-electron chi connectivity index (χ0n) is 21.6. The van der Waals surface area contributed by atoms with Gasteiger partial charge in [-0.3, -0.25) is 4.79 Å². The summed E-state index contributed by atoms with van der Waals surface area (Å²) in [5, 5.41) is 3.16. The number of benzene rings is 2. The van der Waals surface area contributed by atoms with Gasteiger partial charge < -0.3 is 24.4 Å². The van der Waals surface area contributed by atoms with Crippen LogP contribution in [-0.4, -0.2) is 43.2 Å². The van der Waals surface area contributed by atoms with Gasteiger partial charge in [0.25, 0.3) is 0 Å². The quantitative estimate of drug-likeness (QED) is 0.476. The molecule has 8 nitrogen and oxygen atoms in total. The Morgan fingerprint density at radius 1 is 1.00 bits per heavy atom. The predicted octanol–water partition coefficient (Wildman–Crippen LogP) is 5.00. The molecule has 36 heavy (non-hydrogen) atoms. The first-order chi connectivity index (χ1) is 17.4. The molecule has 1 aliphatic heterocycles. The predicted molar refractivity (Wildman–Crippen MR) is 139 cm³/mol. The van der Waals surface area contributed by atoms with E-state index in [9.17, 15) is 4.79 Å². The molecule has 0 saturated carbocycles. The number of carbonyl (C=O) groups is 1. The van der Waals surface area contributed by atoms with Crippen molar-refractivity contribution >= 4 is 11.7 Å². The lowest BCUT2D eigenvalue weighted by Gasteiger charge is -2.32. The SMILES string of the molecule is COc1ccc(C(C)NC(=O)C2CCN(c3cc(Oc4cccc(C)c4C)ncn3)CC2)cc1OC. The van der Waals surface area contributed by atoms with Crippen LogP contribution in [0.5, 0.6) is 23.1 Å². The Bertz CT molecular complexity index is 1210. The van der Waals surface area contributed by atoms with Crippen LogP contribution in [-0.2, 0) is 4.79 Å². The van der Waals surface area contributed by atoms with Crippen molar-refractivity contribution in [2.24, 2.45) is 5.92 Å². The van der Waals surface area contributed by atoms with Gasteiger partial charge in [-0.05, 0) is 68.5 Å². The number of ether oxygens (including phenoxy) is 3. The third-order valence-corrected chi connectivity index (χ3v) is 6.85. The van der Waals surface area contributed by atoms with Crippen LogP contribution in [0.3, 0.4) is 0 Å². The normalized spacial score (nSPS) is 14.8. The van der Waals surface area contributed by atoms with Gasteiger partial charge in [-0.25, -0.2) is 9.97 Å². The third-order valence-electron chi connectivity index (χ3n) is 6.85. The number of piperidine rings is 1. The van der Waals surface area contributed by atoms with Crippen LogP contribution in [0.4, 0.5) is 5.82 Å². The lowest BCUT2D eigenvalue weighted by atomic mass is 9.95. The fourth-order valence-corrected chi connectivity index (χ4v) is 4.41. The van der Waals surface area contributed by atoms with Crippen molar-refractivity contribution in [2.75, 3.05) is 32.2 Å². The molecule has 0 radical (unpaired) electrons. The van der Waals surface area contributed by atoms with Gasteiger partial charge in [0.1, 0.15) is 17.9 Å². The van der Waals surface area contributed by atoms with E-state index < -0.39 is 0 Å². The van der Waals surface area contributed by atoms with Crippen molar-refractivity contribution in [3.8, 4) is 23.1 Å². The molecule has 8 heteroatoms. The van der Waals surface area contributed by atoms with E-state index in [1.54, 1.807) is 14.2 Å². The molecule has 1 atom stereocenters. The molecule has 190 valence electrons. The minimum Gasteiger partial charge on any atom is -0.493 e. The van der Waals surface area contributed by atoms with Crippen molar-refractivity contribution in [1.82, 2.24) is 15.3 Å². The molecule has 0 bridgehead atoms. The minimum atomic E-state index is -0.137. The molecule has 0 aliphatic carbocycles. The summed E-state index contributed by atoms with van der Waals surface area (Å²) in [6, 6.07) is 13.4. The zero-order valence-corrected chi connectivity index (χ0v) is 21.6. The van der Waals surface area contributed by atoms with Gasteiger partial charge in [-0.1, -0.05) is 18.2 Å². The number of nitrogens with zero attached hydrogens (tertiary/aromatic N) is 3. The van der Waals surface area contributed by atoms with E-state index in [0.717, 1.165) is 48.6 Å². The fraction of sp³-hybridized carbons (Fsp3) is 0.393. The Kier molecular flexibility index (Phi) is 7.93. The summed E-state index contributed by atoms with van der Waals surface area (Å²) in [5.41, 5.74) is 3.23. The molecule has 1 saturated heterocycles. The monoisotopic (exact) mass is 490 g/mol. The Labute approximate surface area is 212 Å². The van der Waals surface area contributed by atoms with Crippen molar-refractivity contribution < 1.29 is 19.0 Å². The molecule has 3 aromatic rings. The second-order valence-electron chi connectivity index (χ2n) is 9.12. The highest BCUT2D eigenvalue weighted by Gasteiger charge is 2.27. The van der Waals surface area contributed by atoms with Crippen LogP contribution >= 0.6 is 0 Å². The zero-order chi connectivity index (χ0) is 25.7. The number of anilines is 1. The molecule has 2 heterocycles. The maximum atomic E-state index is 13.0. The van der Waals surface area contributed by atoms with Crippen molar-refractivity contribution in [2.45, 2.75) is 39.7 Å². The average Bonchev–Trinajstić information content (AvgIpc) is 2.91. The molecule has 1 aromatic heterocycles. The lowest BCUT2D eigenvalue weighted by molar-refractivity contribution is -0.126. The van der Waals surface area contributed by atoms with Crippen LogP contribution in [0.2, 0.25) is 0 Å². The van der Waals surface area contributed by atoms with Gasteiger partial charge in [-0.15, -0.1) is 0 Å². The van der Waals surface area contributed by atoms with E-state index in [1.165, 1.54) is 11.9 Å². The number of carbonyl (C=O) groups excluding carboxylic acids is 1. The molecule has 1 N–H and O–H groups in total. The summed E-state index contributed by atoms with van der Waals surface area (Å²) in [5.74, 6) is 3.45. The molecule has 2 aromatic carbocycles. The summed E-state index contributed by atoms with van der Waals surface area (Å²) < 4.78 is 16.7. The number of methoxy groups -OCH3 is 2. The molecule has 1 aliphatic rings. The van der Waals surface area contributed by atoms with Gasteiger partial charge in [0.2, 0.25) is 11.8 Å². The van der Waals surface area contributed by atoms with Gasteiger partial charge in [0.15, 0.2) is 11.5 Å². The van der Waals surface area contributed by atoms with Crippen LogP contribution in [0.25, 0.3) is 0 Å². The maximum Gasteiger partial charge on any atom is 0.224 e. The van der Waals surface area contributed by atoms with Crippen LogP contribution in [0.15, 0.2) is 48.8 Å². The van der Waals surface area contributed by atoms with Gasteiger partial charge in [0, 0.05) is 25.1 Å². The Morgan fingerprint density at radius 2 is 1.75 bits per heavy atom. The van der Waals surface area contributed by atoms with Crippen molar-refractivity contribution in [1.29, 1.82) is 0 Å². The molecule has 0 spiro atoms. The molecule has 1 amide bonds. The van der Waals surface area contributed by atoms with Crippen LogP contribution < -0.4 is 24.4 Å². The fourth-order valence-electron chi connectivity index (χ4n) is 4.41. The van der Waals surface area contributed by atoms with E-state index in [0.29, 0.717) is 17.4 Å². The van der Waals surface area contributed by atoms with Crippen LogP contribution in [0.1, 0.15) is 42.5 Å². The number of hydrogen-bond donors (Lipinski definition) is 1. The number of amides is 1. The second kappa shape index (κ2) is 11.3. The van der Waals surface area contributed by atoms with Crippen molar-refractivity contribution in [3.05, 3.63) is 65.5 Å². The summed E-state index contributed by atoms with van der Waals surface area (Å²) in [7, 11) is 3.21. The number of aromatic nitrogens is 2. The highest BCUT2D eigenvalue weighted by atomic mass is 16.5. The first-order valence-corrected chi connectivity index (χ1v) is 12.2. The smallest absolute Gasteiger partial charge is 0.224 e. The van der Waals surface area contributed by atoms with Crippen molar-refractivity contribution in [3.63, 3.8) is 0 Å². The molecule has 1 fully saturated rings. The number of rotatable bonds is 8. The van der Waals surface area contributed by atoms with E-state index in [4.69, 9.17) is 14.2 Å². The standard InChI is InChI=1S/C28H34N4O4/c1-18-7-6-8-23(19(18)2)36-27-16-26(29-17-30-27)32-13-11-21(12-14-32)28(33)31-20(3)22-9-10-24(34-4)25(15-22)35-5/h6-10,15-17,20-21H,11-14H2,1-5H3,(H,31,33). The first-order valence-electron chi connectivity index (χ1n) is 12.2. The Morgan fingerprint density at radius 3 is 2.47 bits per heavy atom. The third kappa shape index (κ3) is 5.70. The molecular formula is C28H34N4O4. The van der Waals surface area contributed by atoms with Gasteiger partial charge in [0.05, 0.1) is 20.3 Å². The van der Waals surface area contributed by atoms with Gasteiger partial charge in [-0.2, -0.15) is 0 Å². The maximum absolute atomic E-state index is 13.0. The average molecular weight is 491 g/mol. The molecule has 4 rings (SSSR count). The summed E-state index contributed by atoms with van der Waals surface area (Å²) in [6.07, 6.45) is 3.03. The highest BCUT2D eigenvalue weighted by Crippen LogP contribution is 2.31. The number of hydrogen-bond acceptors (Lipinski definition) is 7. The molecular weight excluding hydrogens is 456 g/mol. The largest absolute Gasteiger partial charge is 0.493 e. The van der Waals surface area contributed by atoms with E-state index >= 15 is 0 Å². The number of aryl methyl sites for hydroxylation is 1. The summed E-state index contributed by atoms with van der Waals surface area (Å²) in [4.78, 5) is 23.9. The van der Waals surface area contributed by atoms with E-state index in [1.807, 2.05) is 50.2 Å².